The Labute approximate surface area is 104 Å². The first kappa shape index (κ1) is 13.7. The maximum absolute atomic E-state index is 5.45. The summed E-state index contributed by atoms with van der Waals surface area (Å²) in [5.74, 6) is 2.66. The number of rotatable bonds is 7. The van der Waals surface area contributed by atoms with Crippen LogP contribution in [0.2, 0.25) is 0 Å². The van der Waals surface area contributed by atoms with Gasteiger partial charge in [-0.05, 0) is 13.3 Å². The highest BCUT2D eigenvalue weighted by Crippen LogP contribution is 2.18. The van der Waals surface area contributed by atoms with Crippen LogP contribution in [-0.2, 0) is 0 Å². The molecule has 17 heavy (non-hydrogen) atoms. The molecule has 0 unspecified atom stereocenters. The van der Waals surface area contributed by atoms with Crippen molar-refractivity contribution >= 4 is 5.82 Å². The topological polar surface area (TPSA) is 47.0 Å². The summed E-state index contributed by atoms with van der Waals surface area (Å²) in [6, 6.07) is 1.87. The van der Waals surface area contributed by atoms with E-state index in [4.69, 9.17) is 4.74 Å². The average molecular weight is 237 g/mol. The summed E-state index contributed by atoms with van der Waals surface area (Å²) in [5.41, 5.74) is 0. The summed E-state index contributed by atoms with van der Waals surface area (Å²) in [6.45, 7) is 9.87. The van der Waals surface area contributed by atoms with Crippen molar-refractivity contribution < 1.29 is 4.74 Å². The molecule has 0 spiro atoms. The molecule has 4 nitrogen and oxygen atoms in total. The van der Waals surface area contributed by atoms with E-state index in [1.54, 1.807) is 0 Å². The van der Waals surface area contributed by atoms with Crippen molar-refractivity contribution in [1.82, 2.24) is 9.97 Å². The van der Waals surface area contributed by atoms with E-state index in [-0.39, 0.29) is 0 Å². The molecule has 0 amide bonds. The van der Waals surface area contributed by atoms with Crippen LogP contribution < -0.4 is 10.1 Å². The maximum atomic E-state index is 5.45. The molecule has 1 aromatic rings. The molecule has 1 N–H and O–H groups in total. The van der Waals surface area contributed by atoms with Gasteiger partial charge >= 0.3 is 0 Å². The molecule has 0 aliphatic heterocycles. The summed E-state index contributed by atoms with van der Waals surface area (Å²) in [6.07, 6.45) is 2.32. The van der Waals surface area contributed by atoms with Crippen molar-refractivity contribution in [2.24, 2.45) is 0 Å². The van der Waals surface area contributed by atoms with Crippen LogP contribution in [0.25, 0.3) is 0 Å². The second kappa shape index (κ2) is 7.09. The number of unbranched alkanes of at least 4 members (excludes halogenated alkanes) is 1. The highest BCUT2D eigenvalue weighted by Gasteiger charge is 2.08. The lowest BCUT2D eigenvalue weighted by Crippen LogP contribution is -2.08. The third-order valence-electron chi connectivity index (χ3n) is 2.37. The maximum Gasteiger partial charge on any atom is 0.218 e. The quantitative estimate of drug-likeness (QED) is 0.740. The van der Waals surface area contributed by atoms with Crippen molar-refractivity contribution in [3.8, 4) is 5.88 Å². The lowest BCUT2D eigenvalue weighted by atomic mass is 10.2. The summed E-state index contributed by atoms with van der Waals surface area (Å²) in [7, 11) is 0. The molecule has 0 atom stereocenters. The van der Waals surface area contributed by atoms with Crippen LogP contribution in [0.15, 0.2) is 6.07 Å². The lowest BCUT2D eigenvalue weighted by Gasteiger charge is -2.11. The Balaban J connectivity index is 2.79. The summed E-state index contributed by atoms with van der Waals surface area (Å²) >= 11 is 0. The number of hydrogen-bond acceptors (Lipinski definition) is 4. The largest absolute Gasteiger partial charge is 0.478 e. The predicted molar refractivity (Wildman–Crippen MR) is 70.7 cm³/mol. The molecular weight excluding hydrogens is 214 g/mol. The fraction of sp³-hybridized carbons (Fsp3) is 0.692. The van der Waals surface area contributed by atoms with E-state index in [1.807, 2.05) is 13.0 Å². The molecule has 0 fully saturated rings. The molecule has 0 radical (unpaired) electrons. The SMILES string of the molecule is CCCCNc1cc(OCC)nc(C(C)C)n1. The zero-order valence-corrected chi connectivity index (χ0v) is 11.3. The zero-order valence-electron chi connectivity index (χ0n) is 11.3. The van der Waals surface area contributed by atoms with E-state index in [0.717, 1.165) is 24.6 Å². The van der Waals surface area contributed by atoms with Gasteiger partial charge in [0.25, 0.3) is 0 Å². The third-order valence-corrected chi connectivity index (χ3v) is 2.37. The molecule has 1 heterocycles. The van der Waals surface area contributed by atoms with Crippen LogP contribution in [0.1, 0.15) is 52.3 Å². The van der Waals surface area contributed by atoms with Gasteiger partial charge in [-0.2, -0.15) is 4.98 Å². The first-order valence-electron chi connectivity index (χ1n) is 6.43. The van der Waals surface area contributed by atoms with Crippen molar-refractivity contribution in [2.75, 3.05) is 18.5 Å². The number of anilines is 1. The summed E-state index contributed by atoms with van der Waals surface area (Å²) < 4.78 is 5.45. The molecule has 0 aliphatic carbocycles. The molecule has 0 saturated heterocycles. The molecule has 1 rings (SSSR count). The normalized spacial score (nSPS) is 10.6. The summed E-state index contributed by atoms with van der Waals surface area (Å²) in [5, 5.41) is 3.31. The van der Waals surface area contributed by atoms with Crippen LogP contribution in [-0.4, -0.2) is 23.1 Å². The molecule has 0 bridgehead atoms. The van der Waals surface area contributed by atoms with Gasteiger partial charge in [-0.25, -0.2) is 4.98 Å². The molecule has 4 heteroatoms. The smallest absolute Gasteiger partial charge is 0.218 e. The molecule has 0 saturated carbocycles. The Morgan fingerprint density at radius 2 is 2.06 bits per heavy atom. The fourth-order valence-electron chi connectivity index (χ4n) is 1.41. The van der Waals surface area contributed by atoms with E-state index < -0.39 is 0 Å². The molecule has 0 aromatic carbocycles. The number of nitrogens with one attached hydrogen (secondary N) is 1. The van der Waals surface area contributed by atoms with E-state index in [2.05, 4.69) is 36.1 Å². The number of hydrogen-bond donors (Lipinski definition) is 1. The minimum absolute atomic E-state index is 0.308. The van der Waals surface area contributed by atoms with Gasteiger partial charge in [0.05, 0.1) is 6.61 Å². The van der Waals surface area contributed by atoms with E-state index in [0.29, 0.717) is 18.4 Å². The lowest BCUT2D eigenvalue weighted by molar-refractivity contribution is 0.324. The average Bonchev–Trinajstić information content (AvgIpc) is 2.29. The van der Waals surface area contributed by atoms with Gasteiger partial charge in [-0.1, -0.05) is 27.2 Å². The molecular formula is C13H23N3O. The van der Waals surface area contributed by atoms with Gasteiger partial charge < -0.3 is 10.1 Å². The minimum Gasteiger partial charge on any atom is -0.478 e. The Morgan fingerprint density at radius 1 is 1.29 bits per heavy atom. The fourth-order valence-corrected chi connectivity index (χ4v) is 1.41. The van der Waals surface area contributed by atoms with Gasteiger partial charge in [0.1, 0.15) is 11.6 Å². The van der Waals surface area contributed by atoms with Gasteiger partial charge in [0, 0.05) is 18.5 Å². The van der Waals surface area contributed by atoms with Gasteiger partial charge in [0.15, 0.2) is 0 Å². The first-order chi connectivity index (χ1) is 8.17. The second-order valence-electron chi connectivity index (χ2n) is 4.32. The van der Waals surface area contributed by atoms with Crippen LogP contribution >= 0.6 is 0 Å². The van der Waals surface area contributed by atoms with Gasteiger partial charge in [0.2, 0.25) is 5.88 Å². The Hall–Kier alpha value is -1.32. The monoisotopic (exact) mass is 237 g/mol. The van der Waals surface area contributed by atoms with E-state index in [1.165, 1.54) is 6.42 Å². The van der Waals surface area contributed by atoms with Gasteiger partial charge in [-0.3, -0.25) is 0 Å². The highest BCUT2D eigenvalue weighted by molar-refractivity contribution is 5.38. The Bertz CT molecular complexity index is 339. The van der Waals surface area contributed by atoms with Crippen molar-refractivity contribution in [3.05, 3.63) is 11.9 Å². The van der Waals surface area contributed by atoms with Gasteiger partial charge in [-0.15, -0.1) is 0 Å². The molecule has 96 valence electrons. The third kappa shape index (κ3) is 4.59. The van der Waals surface area contributed by atoms with Crippen LogP contribution in [0, 0.1) is 0 Å². The molecule has 0 aliphatic rings. The highest BCUT2D eigenvalue weighted by atomic mass is 16.5. The summed E-state index contributed by atoms with van der Waals surface area (Å²) in [4.78, 5) is 8.86. The van der Waals surface area contributed by atoms with E-state index >= 15 is 0 Å². The van der Waals surface area contributed by atoms with Crippen molar-refractivity contribution in [2.45, 2.75) is 46.5 Å². The first-order valence-corrected chi connectivity index (χ1v) is 6.43. The standard InChI is InChI=1S/C13H23N3O/c1-5-7-8-14-11-9-12(17-6-2)16-13(15-11)10(3)4/h9-10H,5-8H2,1-4H3,(H,14,15,16). The molecule has 1 aromatic heterocycles. The predicted octanol–water partition coefficient (Wildman–Crippen LogP) is 3.21. The van der Waals surface area contributed by atoms with Crippen LogP contribution in [0.4, 0.5) is 5.82 Å². The number of ether oxygens (including phenoxy) is 1. The van der Waals surface area contributed by atoms with Crippen molar-refractivity contribution in [3.63, 3.8) is 0 Å². The van der Waals surface area contributed by atoms with Crippen LogP contribution in [0.3, 0.4) is 0 Å². The number of aromatic nitrogens is 2. The van der Waals surface area contributed by atoms with E-state index in [9.17, 15) is 0 Å². The minimum atomic E-state index is 0.308. The second-order valence-corrected chi connectivity index (χ2v) is 4.32. The van der Waals surface area contributed by atoms with Crippen LogP contribution in [0.5, 0.6) is 5.88 Å². The zero-order chi connectivity index (χ0) is 12.7. The van der Waals surface area contributed by atoms with Crippen molar-refractivity contribution in [1.29, 1.82) is 0 Å². The number of nitrogens with zero attached hydrogens (tertiary/aromatic N) is 2. The Kier molecular flexibility index (Phi) is 5.73. The Morgan fingerprint density at radius 3 is 2.65 bits per heavy atom.